The first-order valence-corrected chi connectivity index (χ1v) is 2.82. The molecule has 2 N–H and O–H groups in total. The molecule has 0 aromatic rings. The first-order valence-electron chi connectivity index (χ1n) is 2.82. The third-order valence-corrected chi connectivity index (χ3v) is 1.27. The largest absolute Gasteiger partial charge is 0.392 e. The smallest absolute Gasteiger partial charge is 0.115 e. The monoisotopic (exact) mass is 119 g/mol. The Morgan fingerprint density at radius 1 is 1.50 bits per heavy atom. The van der Waals surface area contributed by atoms with Crippen molar-refractivity contribution in [2.75, 3.05) is 13.1 Å². The average molecular weight is 119 g/mol. The Bertz CT molecular complexity index is 70.8. The van der Waals surface area contributed by atoms with Crippen LogP contribution < -0.4 is 5.32 Å². The molecule has 1 heterocycles. The molecule has 48 valence electrons. The summed E-state index contributed by atoms with van der Waals surface area (Å²) in [6.45, 7) is 0.942. The summed E-state index contributed by atoms with van der Waals surface area (Å²) in [6.07, 6.45) is -1.02. The molecular weight excluding hydrogens is 109 g/mol. The normalized spacial score (nSPS) is 39.8. The number of halogens is 1. The molecule has 3 heteroatoms. The van der Waals surface area contributed by atoms with Crippen LogP contribution in [0.4, 0.5) is 4.39 Å². The Labute approximate surface area is 47.7 Å². The van der Waals surface area contributed by atoms with E-state index in [1.165, 1.54) is 0 Å². The molecule has 1 aliphatic heterocycles. The van der Waals surface area contributed by atoms with Gasteiger partial charge in [0, 0.05) is 19.5 Å². The molecule has 0 aliphatic carbocycles. The number of alkyl halides is 1. The van der Waals surface area contributed by atoms with Gasteiger partial charge in [-0.2, -0.15) is 0 Å². The fraction of sp³-hybridized carbons (Fsp3) is 1.00. The van der Waals surface area contributed by atoms with Crippen LogP contribution in [0.2, 0.25) is 0 Å². The van der Waals surface area contributed by atoms with Crippen molar-refractivity contribution in [2.45, 2.75) is 18.7 Å². The third kappa shape index (κ3) is 1.42. The number of hydrogen-bond donors (Lipinski definition) is 2. The van der Waals surface area contributed by atoms with Gasteiger partial charge in [0.05, 0.1) is 6.10 Å². The summed E-state index contributed by atoms with van der Waals surface area (Å²) in [5.41, 5.74) is 0. The van der Waals surface area contributed by atoms with Gasteiger partial charge < -0.3 is 10.4 Å². The number of β-amino-alcohol motifs (C(OH)–C–C–N with tert-alkyl or cyclic N) is 1. The Balaban J connectivity index is 2.23. The minimum Gasteiger partial charge on any atom is -0.392 e. The van der Waals surface area contributed by atoms with Crippen molar-refractivity contribution >= 4 is 0 Å². The summed E-state index contributed by atoms with van der Waals surface area (Å²) in [4.78, 5) is 0. The second-order valence-corrected chi connectivity index (χ2v) is 2.15. The molecule has 1 rings (SSSR count). The van der Waals surface area contributed by atoms with E-state index in [1.807, 2.05) is 0 Å². The number of aliphatic hydroxyl groups is 1. The standard InChI is InChI=1S/C5H10FNO/c6-4-1-5(8)3-7-2-4/h4-5,7-8H,1-3H2/t4-,5+/m0/s1. The van der Waals surface area contributed by atoms with E-state index in [0.717, 1.165) is 0 Å². The molecule has 0 amide bonds. The van der Waals surface area contributed by atoms with Crippen LogP contribution in [0.15, 0.2) is 0 Å². The zero-order chi connectivity index (χ0) is 5.98. The van der Waals surface area contributed by atoms with Crippen LogP contribution in [0.5, 0.6) is 0 Å². The molecule has 0 spiro atoms. The molecule has 0 aromatic heterocycles. The third-order valence-electron chi connectivity index (χ3n) is 1.27. The van der Waals surface area contributed by atoms with Crippen LogP contribution in [0.3, 0.4) is 0 Å². The zero-order valence-electron chi connectivity index (χ0n) is 4.60. The summed E-state index contributed by atoms with van der Waals surface area (Å²) in [7, 11) is 0. The summed E-state index contributed by atoms with van der Waals surface area (Å²) >= 11 is 0. The Morgan fingerprint density at radius 3 is 2.62 bits per heavy atom. The number of piperidine rings is 1. The van der Waals surface area contributed by atoms with Crippen LogP contribution in [0.25, 0.3) is 0 Å². The molecule has 0 unspecified atom stereocenters. The average Bonchev–Trinajstić information content (AvgIpc) is 1.64. The summed E-state index contributed by atoms with van der Waals surface area (Å²) in [5.74, 6) is 0. The van der Waals surface area contributed by atoms with E-state index in [0.29, 0.717) is 19.5 Å². The van der Waals surface area contributed by atoms with Crippen molar-refractivity contribution in [3.8, 4) is 0 Å². The number of hydrogen-bond acceptors (Lipinski definition) is 2. The van der Waals surface area contributed by atoms with Crippen LogP contribution >= 0.6 is 0 Å². The van der Waals surface area contributed by atoms with Crippen LogP contribution in [-0.4, -0.2) is 30.5 Å². The lowest BCUT2D eigenvalue weighted by atomic mass is 10.1. The Hall–Kier alpha value is -0.150. The number of nitrogens with one attached hydrogen (secondary N) is 1. The second kappa shape index (κ2) is 2.42. The number of aliphatic hydroxyl groups excluding tert-OH is 1. The van der Waals surface area contributed by atoms with Crippen LogP contribution in [-0.2, 0) is 0 Å². The van der Waals surface area contributed by atoms with E-state index in [-0.39, 0.29) is 0 Å². The fourth-order valence-electron chi connectivity index (χ4n) is 0.868. The van der Waals surface area contributed by atoms with Crippen molar-refractivity contribution in [3.63, 3.8) is 0 Å². The quantitative estimate of drug-likeness (QED) is 0.458. The summed E-state index contributed by atoms with van der Waals surface area (Å²) in [5, 5.41) is 11.5. The topological polar surface area (TPSA) is 32.3 Å². The van der Waals surface area contributed by atoms with Crippen molar-refractivity contribution in [2.24, 2.45) is 0 Å². The van der Waals surface area contributed by atoms with Crippen molar-refractivity contribution < 1.29 is 9.50 Å². The van der Waals surface area contributed by atoms with Gasteiger partial charge in [-0.05, 0) is 0 Å². The highest BCUT2D eigenvalue weighted by atomic mass is 19.1. The highest BCUT2D eigenvalue weighted by Gasteiger charge is 2.17. The van der Waals surface area contributed by atoms with Crippen molar-refractivity contribution in [1.82, 2.24) is 5.32 Å². The predicted molar refractivity (Wildman–Crippen MR) is 28.4 cm³/mol. The summed E-state index contributed by atoms with van der Waals surface area (Å²) in [6, 6.07) is 0. The second-order valence-electron chi connectivity index (χ2n) is 2.15. The van der Waals surface area contributed by atoms with Gasteiger partial charge in [-0.3, -0.25) is 0 Å². The summed E-state index contributed by atoms with van der Waals surface area (Å²) < 4.78 is 12.2. The lowest BCUT2D eigenvalue weighted by molar-refractivity contribution is 0.0967. The van der Waals surface area contributed by atoms with E-state index in [4.69, 9.17) is 5.11 Å². The Kier molecular flexibility index (Phi) is 1.81. The highest BCUT2D eigenvalue weighted by molar-refractivity contribution is 4.73. The minimum absolute atomic E-state index is 0.299. The zero-order valence-corrected chi connectivity index (χ0v) is 4.60. The SMILES string of the molecule is O[C@H]1CNC[C@@H](F)C1. The molecule has 0 aromatic carbocycles. The molecule has 0 bridgehead atoms. The van der Waals surface area contributed by atoms with E-state index < -0.39 is 12.3 Å². The predicted octanol–water partition coefficient (Wildman–Crippen LogP) is -0.321. The maximum absolute atomic E-state index is 12.2. The van der Waals surface area contributed by atoms with E-state index >= 15 is 0 Å². The molecule has 8 heavy (non-hydrogen) atoms. The molecule has 0 radical (unpaired) electrons. The Morgan fingerprint density at radius 2 is 2.25 bits per heavy atom. The first kappa shape index (κ1) is 5.98. The van der Waals surface area contributed by atoms with E-state index in [9.17, 15) is 4.39 Å². The maximum atomic E-state index is 12.2. The molecule has 1 saturated heterocycles. The van der Waals surface area contributed by atoms with Gasteiger partial charge in [-0.25, -0.2) is 4.39 Å². The number of rotatable bonds is 0. The molecule has 2 nitrogen and oxygen atoms in total. The van der Waals surface area contributed by atoms with Gasteiger partial charge in [0.15, 0.2) is 0 Å². The van der Waals surface area contributed by atoms with Crippen molar-refractivity contribution in [1.29, 1.82) is 0 Å². The van der Waals surface area contributed by atoms with Gasteiger partial charge >= 0.3 is 0 Å². The van der Waals surface area contributed by atoms with E-state index in [2.05, 4.69) is 5.32 Å². The van der Waals surface area contributed by atoms with Gasteiger partial charge in [-0.1, -0.05) is 0 Å². The molecule has 1 aliphatic rings. The molecule has 1 fully saturated rings. The lowest BCUT2D eigenvalue weighted by Gasteiger charge is -2.20. The van der Waals surface area contributed by atoms with Crippen LogP contribution in [0.1, 0.15) is 6.42 Å². The molecular formula is C5H10FNO. The van der Waals surface area contributed by atoms with Gasteiger partial charge in [0.1, 0.15) is 6.17 Å². The first-order chi connectivity index (χ1) is 3.79. The van der Waals surface area contributed by atoms with Gasteiger partial charge in [-0.15, -0.1) is 0 Å². The van der Waals surface area contributed by atoms with Crippen molar-refractivity contribution in [3.05, 3.63) is 0 Å². The molecule has 2 atom stereocenters. The van der Waals surface area contributed by atoms with E-state index in [1.54, 1.807) is 0 Å². The lowest BCUT2D eigenvalue weighted by Crippen LogP contribution is -2.40. The highest BCUT2D eigenvalue weighted by Crippen LogP contribution is 2.04. The van der Waals surface area contributed by atoms with Crippen LogP contribution in [0, 0.1) is 0 Å². The fourth-order valence-corrected chi connectivity index (χ4v) is 0.868. The maximum Gasteiger partial charge on any atom is 0.115 e. The van der Waals surface area contributed by atoms with Gasteiger partial charge in [0.2, 0.25) is 0 Å². The minimum atomic E-state index is -0.848. The van der Waals surface area contributed by atoms with Gasteiger partial charge in [0.25, 0.3) is 0 Å². The molecule has 0 saturated carbocycles.